The number of carbonyl (C=O) groups is 1. The van der Waals surface area contributed by atoms with E-state index in [1.54, 1.807) is 16.8 Å². The number of carbonyl (C=O) groups excluding carboxylic acids is 1. The van der Waals surface area contributed by atoms with Crippen molar-refractivity contribution in [1.82, 2.24) is 14.8 Å². The van der Waals surface area contributed by atoms with Crippen LogP contribution in [-0.2, 0) is 0 Å². The second-order valence-corrected chi connectivity index (χ2v) is 7.68. The first-order chi connectivity index (χ1) is 14.4. The van der Waals surface area contributed by atoms with Crippen molar-refractivity contribution < 1.29 is 4.79 Å². The molecule has 3 aromatic carbocycles. The highest BCUT2D eigenvalue weighted by molar-refractivity contribution is 6.31. The van der Waals surface area contributed by atoms with Gasteiger partial charge in [0, 0.05) is 16.3 Å². The lowest BCUT2D eigenvalue weighted by Gasteiger charge is -2.09. The molecule has 0 unspecified atom stereocenters. The average molecular weight is 417 g/mol. The Morgan fingerprint density at radius 3 is 2.43 bits per heavy atom. The van der Waals surface area contributed by atoms with E-state index in [1.165, 1.54) is 0 Å². The minimum Gasteiger partial charge on any atom is -0.319 e. The maximum absolute atomic E-state index is 13.0. The zero-order chi connectivity index (χ0) is 21.3. The predicted octanol–water partition coefficient (Wildman–Crippen LogP) is 5.77. The van der Waals surface area contributed by atoms with Crippen LogP contribution in [0.4, 0.5) is 5.69 Å². The minimum absolute atomic E-state index is 0.0909. The highest BCUT2D eigenvalue weighted by Crippen LogP contribution is 2.25. The number of amides is 1. The third-order valence-corrected chi connectivity index (χ3v) is 5.11. The molecule has 4 aromatic rings. The molecule has 0 saturated heterocycles. The van der Waals surface area contributed by atoms with Gasteiger partial charge in [0.15, 0.2) is 5.82 Å². The number of benzene rings is 3. The second-order valence-electron chi connectivity index (χ2n) is 7.24. The van der Waals surface area contributed by atoms with E-state index in [0.29, 0.717) is 16.5 Å². The fourth-order valence-corrected chi connectivity index (χ4v) is 3.47. The Kier molecular flexibility index (Phi) is 5.38. The number of hydrogen-bond acceptors (Lipinski definition) is 3. The van der Waals surface area contributed by atoms with E-state index in [9.17, 15) is 4.79 Å². The van der Waals surface area contributed by atoms with Gasteiger partial charge in [-0.3, -0.25) is 4.79 Å². The first-order valence-corrected chi connectivity index (χ1v) is 9.98. The highest BCUT2D eigenvalue weighted by Gasteiger charge is 2.20. The number of rotatable bonds is 4. The number of anilines is 1. The van der Waals surface area contributed by atoms with Gasteiger partial charge in [0.1, 0.15) is 0 Å². The van der Waals surface area contributed by atoms with Gasteiger partial charge < -0.3 is 5.32 Å². The molecule has 0 saturated carbocycles. The SMILES string of the molecule is Cc1ccc(-n2nc(C(=O)Nc3cc(Cl)ccc3C)nc2-c2ccccc2)c(C)c1. The Morgan fingerprint density at radius 2 is 1.70 bits per heavy atom. The van der Waals surface area contributed by atoms with Gasteiger partial charge in [-0.2, -0.15) is 0 Å². The predicted molar refractivity (Wildman–Crippen MR) is 120 cm³/mol. The maximum atomic E-state index is 13.0. The van der Waals surface area contributed by atoms with Gasteiger partial charge in [-0.25, -0.2) is 9.67 Å². The number of aryl methyl sites for hydroxylation is 3. The van der Waals surface area contributed by atoms with Crippen molar-refractivity contribution in [2.75, 3.05) is 5.32 Å². The van der Waals surface area contributed by atoms with Gasteiger partial charge in [0.2, 0.25) is 5.82 Å². The smallest absolute Gasteiger partial charge is 0.295 e. The van der Waals surface area contributed by atoms with Gasteiger partial charge in [-0.1, -0.05) is 65.7 Å². The molecule has 0 spiro atoms. The largest absolute Gasteiger partial charge is 0.319 e. The topological polar surface area (TPSA) is 59.8 Å². The van der Waals surface area contributed by atoms with E-state index >= 15 is 0 Å². The standard InChI is InChI=1S/C24H21ClN4O/c1-15-9-12-21(17(3)13-15)29-23(18-7-5-4-6-8-18)27-22(28-29)24(30)26-20-14-19(25)11-10-16(20)2/h4-14H,1-3H3,(H,26,30). The molecule has 0 aliphatic carbocycles. The summed E-state index contributed by atoms with van der Waals surface area (Å²) in [6, 6.07) is 21.2. The Hall–Kier alpha value is -3.44. The minimum atomic E-state index is -0.388. The summed E-state index contributed by atoms with van der Waals surface area (Å²) in [4.78, 5) is 17.5. The van der Waals surface area contributed by atoms with Crippen molar-refractivity contribution in [2.45, 2.75) is 20.8 Å². The molecule has 0 radical (unpaired) electrons. The van der Waals surface area contributed by atoms with Crippen molar-refractivity contribution >= 4 is 23.2 Å². The molecule has 150 valence electrons. The first kappa shape index (κ1) is 19.9. The molecule has 0 aliphatic rings. The monoisotopic (exact) mass is 416 g/mol. The summed E-state index contributed by atoms with van der Waals surface area (Å²) in [6.45, 7) is 5.97. The van der Waals surface area contributed by atoms with Crippen molar-refractivity contribution in [1.29, 1.82) is 0 Å². The van der Waals surface area contributed by atoms with E-state index in [0.717, 1.165) is 27.9 Å². The number of halogens is 1. The zero-order valence-corrected chi connectivity index (χ0v) is 17.7. The summed E-state index contributed by atoms with van der Waals surface area (Å²) in [6.07, 6.45) is 0. The van der Waals surface area contributed by atoms with E-state index in [4.69, 9.17) is 11.6 Å². The summed E-state index contributed by atoms with van der Waals surface area (Å²) < 4.78 is 1.73. The first-order valence-electron chi connectivity index (χ1n) is 9.60. The number of aromatic nitrogens is 3. The fraction of sp³-hybridized carbons (Fsp3) is 0.125. The van der Waals surface area contributed by atoms with Gasteiger partial charge >= 0.3 is 0 Å². The molecule has 30 heavy (non-hydrogen) atoms. The number of nitrogens with zero attached hydrogens (tertiary/aromatic N) is 3. The van der Waals surface area contributed by atoms with Crippen LogP contribution in [0.2, 0.25) is 5.02 Å². The van der Waals surface area contributed by atoms with E-state index in [-0.39, 0.29) is 11.7 Å². The Balaban J connectivity index is 1.79. The molecule has 5 nitrogen and oxygen atoms in total. The van der Waals surface area contributed by atoms with Crippen LogP contribution >= 0.6 is 11.6 Å². The zero-order valence-electron chi connectivity index (χ0n) is 17.0. The van der Waals surface area contributed by atoms with E-state index < -0.39 is 0 Å². The van der Waals surface area contributed by atoms with Crippen molar-refractivity contribution in [3.05, 3.63) is 94.3 Å². The summed E-state index contributed by atoms with van der Waals surface area (Å²) in [5.74, 6) is 0.310. The molecule has 0 atom stereocenters. The summed E-state index contributed by atoms with van der Waals surface area (Å²) >= 11 is 6.08. The summed E-state index contributed by atoms with van der Waals surface area (Å²) in [7, 11) is 0. The molecule has 0 fully saturated rings. The molecule has 0 aliphatic heterocycles. The van der Waals surface area contributed by atoms with Crippen LogP contribution < -0.4 is 5.32 Å². The van der Waals surface area contributed by atoms with Gasteiger partial charge in [0.25, 0.3) is 5.91 Å². The van der Waals surface area contributed by atoms with Crippen LogP contribution in [0.5, 0.6) is 0 Å². The van der Waals surface area contributed by atoms with Crippen LogP contribution in [-0.4, -0.2) is 20.7 Å². The summed E-state index contributed by atoms with van der Waals surface area (Å²) in [5.41, 5.74) is 5.51. The lowest BCUT2D eigenvalue weighted by Crippen LogP contribution is -2.15. The number of hydrogen-bond donors (Lipinski definition) is 1. The Morgan fingerprint density at radius 1 is 0.933 bits per heavy atom. The van der Waals surface area contributed by atoms with E-state index in [2.05, 4.69) is 21.5 Å². The molecule has 1 heterocycles. The Labute approximate surface area is 180 Å². The highest BCUT2D eigenvalue weighted by atomic mass is 35.5. The fourth-order valence-electron chi connectivity index (χ4n) is 3.30. The molecule has 6 heteroatoms. The van der Waals surface area contributed by atoms with Crippen LogP contribution in [0.1, 0.15) is 27.3 Å². The van der Waals surface area contributed by atoms with Gasteiger partial charge in [0.05, 0.1) is 5.69 Å². The second kappa shape index (κ2) is 8.13. The third kappa shape index (κ3) is 3.98. The van der Waals surface area contributed by atoms with Gasteiger partial charge in [-0.15, -0.1) is 5.10 Å². The summed E-state index contributed by atoms with van der Waals surface area (Å²) in [5, 5.41) is 7.98. The molecular formula is C24H21ClN4O. The quantitative estimate of drug-likeness (QED) is 0.459. The van der Waals surface area contributed by atoms with Crippen molar-refractivity contribution in [3.8, 4) is 17.1 Å². The molecule has 1 N–H and O–H groups in total. The third-order valence-electron chi connectivity index (χ3n) is 4.87. The van der Waals surface area contributed by atoms with Crippen LogP contribution in [0.25, 0.3) is 17.1 Å². The lowest BCUT2D eigenvalue weighted by atomic mass is 10.1. The molecule has 1 amide bonds. The van der Waals surface area contributed by atoms with E-state index in [1.807, 2.05) is 69.3 Å². The normalized spacial score (nSPS) is 10.8. The van der Waals surface area contributed by atoms with Crippen molar-refractivity contribution in [3.63, 3.8) is 0 Å². The van der Waals surface area contributed by atoms with Crippen LogP contribution in [0.15, 0.2) is 66.7 Å². The van der Waals surface area contributed by atoms with Crippen molar-refractivity contribution in [2.24, 2.45) is 0 Å². The lowest BCUT2D eigenvalue weighted by molar-refractivity contribution is 0.101. The molecular weight excluding hydrogens is 396 g/mol. The maximum Gasteiger partial charge on any atom is 0.295 e. The average Bonchev–Trinajstić information content (AvgIpc) is 3.17. The molecule has 4 rings (SSSR count). The van der Waals surface area contributed by atoms with Crippen LogP contribution in [0, 0.1) is 20.8 Å². The molecule has 1 aromatic heterocycles. The number of nitrogens with one attached hydrogen (secondary N) is 1. The molecule has 0 bridgehead atoms. The van der Waals surface area contributed by atoms with Gasteiger partial charge in [-0.05, 0) is 50.1 Å². The Bertz CT molecular complexity index is 1230. The van der Waals surface area contributed by atoms with Crippen LogP contribution in [0.3, 0.4) is 0 Å².